The molecular formula is C24H35NO. The van der Waals surface area contributed by atoms with Crippen LogP contribution in [-0.2, 0) is 4.79 Å². The van der Waals surface area contributed by atoms with Crippen LogP contribution in [0.25, 0.3) is 0 Å². The fraction of sp³-hybridized carbons (Fsp3) is 0.833. The van der Waals surface area contributed by atoms with Gasteiger partial charge in [-0.05, 0) is 97.9 Å². The van der Waals surface area contributed by atoms with Crippen molar-refractivity contribution in [2.75, 3.05) is 0 Å². The van der Waals surface area contributed by atoms with E-state index in [1.807, 2.05) is 0 Å². The minimum absolute atomic E-state index is 0.267. The zero-order valence-corrected chi connectivity index (χ0v) is 16.9. The van der Waals surface area contributed by atoms with E-state index in [1.165, 1.54) is 44.1 Å². The summed E-state index contributed by atoms with van der Waals surface area (Å²) in [6.45, 7) is 7.37. The fourth-order valence-corrected chi connectivity index (χ4v) is 7.99. The smallest absolute Gasteiger partial charge is 0.155 e. The highest BCUT2D eigenvalue weighted by Gasteiger charge is 2.59. The summed E-state index contributed by atoms with van der Waals surface area (Å²) in [7, 11) is 0. The van der Waals surface area contributed by atoms with Gasteiger partial charge in [0.1, 0.15) is 0 Å². The van der Waals surface area contributed by atoms with Gasteiger partial charge < -0.3 is 0 Å². The minimum atomic E-state index is 0.267. The molecular weight excluding hydrogens is 318 g/mol. The second-order valence-electron chi connectivity index (χ2n) is 10.2. The van der Waals surface area contributed by atoms with E-state index < -0.39 is 0 Å². The van der Waals surface area contributed by atoms with E-state index in [0.29, 0.717) is 17.1 Å². The normalized spacial score (nSPS) is 47.4. The number of hydrogen-bond donors (Lipinski definition) is 0. The third-order valence-electron chi connectivity index (χ3n) is 9.41. The number of allylic oxidation sites excluding steroid dienone is 1. The van der Waals surface area contributed by atoms with Crippen LogP contribution in [0.15, 0.2) is 11.6 Å². The van der Waals surface area contributed by atoms with Gasteiger partial charge in [0.15, 0.2) is 5.78 Å². The van der Waals surface area contributed by atoms with Crippen molar-refractivity contribution >= 4 is 5.78 Å². The van der Waals surface area contributed by atoms with E-state index >= 15 is 0 Å². The molecule has 0 aromatic heterocycles. The van der Waals surface area contributed by atoms with Gasteiger partial charge in [0, 0.05) is 12.8 Å². The topological polar surface area (TPSA) is 40.9 Å². The monoisotopic (exact) mass is 353 g/mol. The Morgan fingerprint density at radius 3 is 2.73 bits per heavy atom. The second-order valence-corrected chi connectivity index (χ2v) is 10.2. The van der Waals surface area contributed by atoms with Crippen molar-refractivity contribution in [1.29, 1.82) is 5.26 Å². The van der Waals surface area contributed by atoms with Gasteiger partial charge in [-0.1, -0.05) is 26.3 Å². The van der Waals surface area contributed by atoms with Crippen molar-refractivity contribution in [3.63, 3.8) is 0 Å². The summed E-state index contributed by atoms with van der Waals surface area (Å²) in [6, 6.07) is 2.39. The molecule has 0 heterocycles. The molecule has 2 nitrogen and oxygen atoms in total. The van der Waals surface area contributed by atoms with Crippen LogP contribution in [0.2, 0.25) is 0 Å². The highest BCUT2D eigenvalue weighted by atomic mass is 16.1. The Bertz CT molecular complexity index is 658. The maximum atomic E-state index is 12.2. The molecule has 7 atom stereocenters. The Labute approximate surface area is 159 Å². The first kappa shape index (κ1) is 18.3. The van der Waals surface area contributed by atoms with E-state index in [-0.39, 0.29) is 5.41 Å². The molecule has 4 rings (SSSR count). The summed E-state index contributed by atoms with van der Waals surface area (Å²) in [6.07, 6.45) is 13.6. The third kappa shape index (κ3) is 2.53. The molecule has 3 saturated carbocycles. The van der Waals surface area contributed by atoms with E-state index in [2.05, 4.69) is 32.9 Å². The van der Waals surface area contributed by atoms with Gasteiger partial charge in [-0.25, -0.2) is 0 Å². The lowest BCUT2D eigenvalue weighted by Gasteiger charge is -2.60. The molecule has 0 aromatic carbocycles. The Balaban J connectivity index is 1.66. The fourth-order valence-electron chi connectivity index (χ4n) is 7.99. The Morgan fingerprint density at radius 2 is 2.00 bits per heavy atom. The molecule has 2 heteroatoms. The van der Waals surface area contributed by atoms with Crippen molar-refractivity contribution in [2.45, 2.75) is 85.0 Å². The summed E-state index contributed by atoms with van der Waals surface area (Å²) < 4.78 is 0. The zero-order chi connectivity index (χ0) is 18.5. The molecule has 142 valence electrons. The van der Waals surface area contributed by atoms with Crippen molar-refractivity contribution in [2.24, 2.45) is 40.4 Å². The third-order valence-corrected chi connectivity index (χ3v) is 9.41. The molecule has 26 heavy (non-hydrogen) atoms. The first-order valence-electron chi connectivity index (χ1n) is 11.1. The minimum Gasteiger partial charge on any atom is -0.295 e. The molecule has 0 aliphatic heterocycles. The maximum Gasteiger partial charge on any atom is 0.155 e. The van der Waals surface area contributed by atoms with E-state index in [4.69, 9.17) is 5.26 Å². The quantitative estimate of drug-likeness (QED) is 0.617. The van der Waals surface area contributed by atoms with Gasteiger partial charge in [0.05, 0.1) is 6.07 Å². The number of hydrogen-bond acceptors (Lipinski definition) is 2. The standard InChI is InChI=1S/C24H35NO/c1-4-16-14-19-20-8-7-17(6-5-13-25)23(20,2)12-10-21(19)24(3)11-9-18(26)15-22(16)24/h15-17,19-21H,4-12,14H2,1-3H3/t16?,17?,19?,20?,21?,23-,24?/m1/s1. The maximum absolute atomic E-state index is 12.2. The lowest BCUT2D eigenvalue weighted by atomic mass is 9.45. The highest BCUT2D eigenvalue weighted by molar-refractivity contribution is 5.91. The average Bonchev–Trinajstić information content (AvgIpc) is 2.96. The van der Waals surface area contributed by atoms with E-state index in [1.54, 1.807) is 0 Å². The van der Waals surface area contributed by atoms with Crippen LogP contribution < -0.4 is 0 Å². The van der Waals surface area contributed by atoms with Gasteiger partial charge in [-0.3, -0.25) is 4.79 Å². The van der Waals surface area contributed by atoms with Crippen LogP contribution >= 0.6 is 0 Å². The predicted molar refractivity (Wildman–Crippen MR) is 104 cm³/mol. The molecule has 0 amide bonds. The molecule has 6 unspecified atom stereocenters. The lowest BCUT2D eigenvalue weighted by Crippen LogP contribution is -2.52. The molecule has 0 aromatic rings. The summed E-state index contributed by atoms with van der Waals surface area (Å²) in [5.41, 5.74) is 2.24. The van der Waals surface area contributed by atoms with Crippen molar-refractivity contribution in [1.82, 2.24) is 0 Å². The second kappa shape index (κ2) is 6.50. The van der Waals surface area contributed by atoms with Gasteiger partial charge >= 0.3 is 0 Å². The number of ketones is 1. The predicted octanol–water partition coefficient (Wildman–Crippen LogP) is 6.07. The van der Waals surface area contributed by atoms with Crippen LogP contribution in [0.3, 0.4) is 0 Å². The van der Waals surface area contributed by atoms with Crippen LogP contribution in [0, 0.1) is 51.8 Å². The molecule has 3 fully saturated rings. The van der Waals surface area contributed by atoms with Gasteiger partial charge in [0.25, 0.3) is 0 Å². The number of nitriles is 1. The molecule has 0 saturated heterocycles. The van der Waals surface area contributed by atoms with Crippen molar-refractivity contribution < 1.29 is 4.79 Å². The van der Waals surface area contributed by atoms with Crippen LogP contribution in [0.4, 0.5) is 0 Å². The van der Waals surface area contributed by atoms with Gasteiger partial charge in [0.2, 0.25) is 0 Å². The van der Waals surface area contributed by atoms with Crippen molar-refractivity contribution in [3.8, 4) is 6.07 Å². The Morgan fingerprint density at radius 1 is 1.19 bits per heavy atom. The Kier molecular flexibility index (Phi) is 4.57. The zero-order valence-electron chi connectivity index (χ0n) is 16.9. The van der Waals surface area contributed by atoms with Crippen LogP contribution in [0.5, 0.6) is 0 Å². The Hall–Kier alpha value is -1.10. The van der Waals surface area contributed by atoms with E-state index in [9.17, 15) is 4.79 Å². The molecule has 0 spiro atoms. The SMILES string of the molecule is CCC1CC2C(CC[C@]3(C)C(CCC#N)CCC23)C2(C)CCC(=O)C=C12. The largest absolute Gasteiger partial charge is 0.295 e. The van der Waals surface area contributed by atoms with Gasteiger partial charge in [-0.2, -0.15) is 5.26 Å². The van der Waals surface area contributed by atoms with Gasteiger partial charge in [-0.15, -0.1) is 0 Å². The summed E-state index contributed by atoms with van der Waals surface area (Å²) in [5.74, 6) is 4.19. The summed E-state index contributed by atoms with van der Waals surface area (Å²) in [5, 5.41) is 9.06. The summed E-state index contributed by atoms with van der Waals surface area (Å²) >= 11 is 0. The summed E-state index contributed by atoms with van der Waals surface area (Å²) in [4.78, 5) is 12.2. The molecule has 0 N–H and O–H groups in total. The number of carbonyl (C=O) groups excluding carboxylic acids is 1. The number of fused-ring (bicyclic) bond motifs is 5. The molecule has 0 radical (unpaired) electrons. The molecule has 4 aliphatic carbocycles. The van der Waals surface area contributed by atoms with E-state index in [0.717, 1.165) is 49.4 Å². The number of rotatable bonds is 3. The highest BCUT2D eigenvalue weighted by Crippen LogP contribution is 2.68. The number of nitrogens with zero attached hydrogens (tertiary/aromatic N) is 1. The molecule has 4 aliphatic rings. The van der Waals surface area contributed by atoms with Crippen molar-refractivity contribution in [3.05, 3.63) is 11.6 Å². The lowest BCUT2D eigenvalue weighted by molar-refractivity contribution is -0.118. The van der Waals surface area contributed by atoms with Crippen LogP contribution in [-0.4, -0.2) is 5.78 Å². The first-order chi connectivity index (χ1) is 12.4. The number of carbonyl (C=O) groups is 1. The van der Waals surface area contributed by atoms with Crippen LogP contribution in [0.1, 0.15) is 85.0 Å². The first-order valence-corrected chi connectivity index (χ1v) is 11.1. The molecule has 0 bridgehead atoms. The average molecular weight is 354 g/mol.